The first kappa shape index (κ1) is 74.2. The van der Waals surface area contributed by atoms with Crippen LogP contribution in [0.25, 0.3) is 66.8 Å². The number of unbranched alkanes of at least 4 members (excludes halogenated alkanes) is 16. The Labute approximate surface area is 616 Å². The van der Waals surface area contributed by atoms with Crippen molar-refractivity contribution < 1.29 is 0 Å². The largest absolute Gasteiger partial charge is 0.310 e. The summed E-state index contributed by atoms with van der Waals surface area (Å²) in [6.07, 6.45) is 31.9. The van der Waals surface area contributed by atoms with Gasteiger partial charge in [-0.1, -0.05) is 325 Å². The smallest absolute Gasteiger partial charge is 0.0464 e. The minimum atomic E-state index is 0.940. The average molecular weight is 1350 g/mol. The molecule has 0 unspecified atom stereocenters. The van der Waals surface area contributed by atoms with Gasteiger partial charge in [0.1, 0.15) is 0 Å². The van der Waals surface area contributed by atoms with Crippen LogP contribution in [0.5, 0.6) is 0 Å². The Balaban J connectivity index is 0.935. The maximum atomic E-state index is 2.60. The highest BCUT2D eigenvalue weighted by Gasteiger charge is 2.21. The topological polar surface area (TPSA) is 6.48 Å². The molecule has 2 heteroatoms. The predicted octanol–water partition coefficient (Wildman–Crippen LogP) is 30.4. The molecule has 0 spiro atoms. The summed E-state index contributed by atoms with van der Waals surface area (Å²) in [7, 11) is 0. The predicted molar refractivity (Wildman–Crippen MR) is 447 cm³/mol. The molecule has 0 heterocycles. The van der Waals surface area contributed by atoms with Gasteiger partial charge in [-0.3, -0.25) is 0 Å². The first-order valence-electron chi connectivity index (χ1n) is 39.9. The van der Waals surface area contributed by atoms with E-state index in [1.807, 2.05) is 0 Å². The van der Waals surface area contributed by atoms with Crippen molar-refractivity contribution in [2.45, 2.75) is 222 Å². The van der Waals surface area contributed by atoms with Crippen LogP contribution in [-0.4, -0.2) is 0 Å². The van der Waals surface area contributed by atoms with Crippen molar-refractivity contribution in [2.75, 3.05) is 9.80 Å². The molecule has 0 bridgehead atoms. The van der Waals surface area contributed by atoms with Crippen molar-refractivity contribution in [3.63, 3.8) is 0 Å². The van der Waals surface area contributed by atoms with Gasteiger partial charge in [-0.15, -0.1) is 0 Å². The van der Waals surface area contributed by atoms with Crippen molar-refractivity contribution in [3.8, 4) is 66.8 Å². The molecule has 526 valence electrons. The average Bonchev–Trinajstić information content (AvgIpc) is 0.797. The first-order valence-corrected chi connectivity index (χ1v) is 39.9. The molecule has 0 amide bonds. The van der Waals surface area contributed by atoms with E-state index >= 15 is 0 Å². The van der Waals surface area contributed by atoms with Crippen molar-refractivity contribution in [1.82, 2.24) is 0 Å². The molecule has 2 nitrogen and oxygen atoms in total. The minimum Gasteiger partial charge on any atom is -0.310 e. The zero-order valence-corrected chi connectivity index (χ0v) is 63.4. The van der Waals surface area contributed by atoms with Crippen LogP contribution in [0, 0.1) is 13.8 Å². The van der Waals surface area contributed by atoms with E-state index in [2.05, 4.69) is 308 Å². The summed E-state index contributed by atoms with van der Waals surface area (Å²) in [4.78, 5) is 4.95. The lowest BCUT2D eigenvalue weighted by Crippen LogP contribution is -2.10. The fourth-order valence-corrected chi connectivity index (χ4v) is 15.2. The van der Waals surface area contributed by atoms with Crippen LogP contribution in [0.15, 0.2) is 243 Å². The third-order valence-electron chi connectivity index (χ3n) is 21.4. The molecule has 0 N–H and O–H groups in total. The van der Waals surface area contributed by atoms with E-state index in [9.17, 15) is 0 Å². The third kappa shape index (κ3) is 19.8. The molecule has 0 aromatic heterocycles. The molecule has 0 saturated carbocycles. The van der Waals surface area contributed by atoms with Crippen LogP contribution >= 0.6 is 0 Å². The summed E-state index contributed by atoms with van der Waals surface area (Å²) in [5, 5.41) is 0. The highest BCUT2D eigenvalue weighted by molar-refractivity contribution is 5.86. The molecule has 11 rings (SSSR count). The third-order valence-corrected chi connectivity index (χ3v) is 21.4. The number of hydrogen-bond donors (Lipinski definition) is 0. The fraction of sp³-hybridized carbons (Fsp3) is 0.340. The van der Waals surface area contributed by atoms with Gasteiger partial charge in [-0.05, 0) is 251 Å². The Bertz CT molecular complexity index is 4020. The lowest BCUT2D eigenvalue weighted by Gasteiger charge is -2.27. The van der Waals surface area contributed by atoms with Crippen LogP contribution in [0.4, 0.5) is 34.1 Å². The zero-order chi connectivity index (χ0) is 70.8. The number of rotatable bonds is 38. The number of anilines is 6. The van der Waals surface area contributed by atoms with Gasteiger partial charge in [-0.25, -0.2) is 0 Å². The number of hydrogen-bond acceptors (Lipinski definition) is 2. The molecular weight excluding hydrogens is 1230 g/mol. The van der Waals surface area contributed by atoms with E-state index in [4.69, 9.17) is 0 Å². The van der Waals surface area contributed by atoms with Gasteiger partial charge in [0.2, 0.25) is 0 Å². The van der Waals surface area contributed by atoms with Gasteiger partial charge in [0.05, 0.1) is 0 Å². The standard InChI is InChI=1S/C100H116N2/c1-9-15-19-23-25-27-31-77-39-47-85(48-40-77)97-69-67-95(71-79(97)13-5)101(91-59-51-83(52-60-91)81-43-35-75(7)36-44-81)93-63-55-87(56-64-93)99-73-90(34-30-22-18-12-4)100(74-89(99)33-29-21-17-11-3)88-57-65-94(66-58-88)102(92-61-53-84(54-62-92)82-45-37-76(8)38-46-82)96-68-70-98(80(14-6)72-96)86-49-41-78(42-50-86)32-28-26-24-20-16-10-2/h35-74H,9-34H2,1-8H3. The van der Waals surface area contributed by atoms with E-state index in [0.717, 1.165) is 61.3 Å². The summed E-state index contributed by atoms with van der Waals surface area (Å²) < 4.78 is 0. The fourth-order valence-electron chi connectivity index (χ4n) is 15.2. The van der Waals surface area contributed by atoms with Crippen molar-refractivity contribution in [2.24, 2.45) is 0 Å². The molecule has 102 heavy (non-hydrogen) atoms. The highest BCUT2D eigenvalue weighted by Crippen LogP contribution is 2.44. The Morgan fingerprint density at radius 3 is 0.755 bits per heavy atom. The van der Waals surface area contributed by atoms with E-state index < -0.39 is 0 Å². The second-order valence-electron chi connectivity index (χ2n) is 29.2. The highest BCUT2D eigenvalue weighted by atomic mass is 15.1. The summed E-state index contributed by atoms with van der Waals surface area (Å²) >= 11 is 0. The molecule has 0 saturated heterocycles. The maximum Gasteiger partial charge on any atom is 0.0464 e. The number of nitrogens with zero attached hydrogens (tertiary/aromatic N) is 2. The first-order chi connectivity index (χ1) is 50.1. The Kier molecular flexibility index (Phi) is 27.9. The molecular formula is C100H116N2. The van der Waals surface area contributed by atoms with Crippen LogP contribution < -0.4 is 9.80 Å². The number of aryl methyl sites for hydroxylation is 8. The van der Waals surface area contributed by atoms with Crippen LogP contribution in [0.2, 0.25) is 0 Å². The van der Waals surface area contributed by atoms with Crippen molar-refractivity contribution in [1.29, 1.82) is 0 Å². The van der Waals surface area contributed by atoms with E-state index in [0.29, 0.717) is 0 Å². The van der Waals surface area contributed by atoms with E-state index in [-0.39, 0.29) is 0 Å². The van der Waals surface area contributed by atoms with Crippen molar-refractivity contribution >= 4 is 34.1 Å². The normalized spacial score (nSPS) is 11.4. The van der Waals surface area contributed by atoms with Gasteiger partial charge in [0.15, 0.2) is 0 Å². The Morgan fingerprint density at radius 1 is 0.196 bits per heavy atom. The second-order valence-corrected chi connectivity index (χ2v) is 29.2. The second kappa shape index (κ2) is 38.3. The van der Waals surface area contributed by atoms with Gasteiger partial charge in [-0.2, -0.15) is 0 Å². The van der Waals surface area contributed by atoms with Gasteiger partial charge >= 0.3 is 0 Å². The van der Waals surface area contributed by atoms with E-state index in [1.54, 1.807) is 0 Å². The van der Waals surface area contributed by atoms with Gasteiger partial charge < -0.3 is 9.80 Å². The molecule has 0 fully saturated rings. The molecule has 0 aliphatic heterocycles. The molecule has 0 atom stereocenters. The monoisotopic (exact) mass is 1340 g/mol. The summed E-state index contributed by atoms with van der Waals surface area (Å²) in [6, 6.07) is 93.9. The van der Waals surface area contributed by atoms with Crippen LogP contribution in [0.1, 0.15) is 214 Å². The molecule has 0 aliphatic carbocycles. The lowest BCUT2D eigenvalue weighted by molar-refractivity contribution is 0.607. The molecule has 0 radical (unpaired) electrons. The molecule has 11 aromatic rings. The Hall–Kier alpha value is -8.98. The zero-order valence-electron chi connectivity index (χ0n) is 63.4. The lowest BCUT2D eigenvalue weighted by atomic mass is 9.86. The summed E-state index contributed by atoms with van der Waals surface area (Å²) in [6.45, 7) is 18.2. The minimum absolute atomic E-state index is 0.940. The SMILES string of the molecule is CCCCCCCCc1ccc(-c2ccc(N(c3ccc(-c4ccc(C)cc4)cc3)c3ccc(-c4cc(CCCCCC)c(-c5ccc(N(c6ccc(-c7ccc(C)cc7)cc6)c6ccc(-c7ccc(CCCCCCCC)cc7)c(CC)c6)cc5)cc4CCCCCC)cc3)cc2CC)cc1. The maximum absolute atomic E-state index is 2.60. The molecule has 0 aliphatic rings. The summed E-state index contributed by atoms with van der Waals surface area (Å²) in [5.41, 5.74) is 33.4. The van der Waals surface area contributed by atoms with Crippen LogP contribution in [0.3, 0.4) is 0 Å². The van der Waals surface area contributed by atoms with Crippen LogP contribution in [-0.2, 0) is 38.5 Å². The van der Waals surface area contributed by atoms with E-state index in [1.165, 1.54) is 251 Å². The quantitative estimate of drug-likeness (QED) is 0.0356. The number of benzene rings is 11. The van der Waals surface area contributed by atoms with Gasteiger partial charge in [0.25, 0.3) is 0 Å². The molecule has 11 aromatic carbocycles. The Morgan fingerprint density at radius 2 is 0.441 bits per heavy atom. The van der Waals surface area contributed by atoms with Crippen molar-refractivity contribution in [3.05, 3.63) is 287 Å². The van der Waals surface area contributed by atoms with Gasteiger partial charge in [0, 0.05) is 34.1 Å². The summed E-state index contributed by atoms with van der Waals surface area (Å²) in [5.74, 6) is 0.